The predicted molar refractivity (Wildman–Crippen MR) is 86.9 cm³/mol. The zero-order chi connectivity index (χ0) is 17.3. The molecule has 0 aromatic heterocycles. The highest BCUT2D eigenvalue weighted by atomic mass is 16.5. The zero-order valence-electron chi connectivity index (χ0n) is 14.1. The quantitative estimate of drug-likeness (QED) is 0.630. The summed E-state index contributed by atoms with van der Waals surface area (Å²) < 4.78 is 16.1. The molecule has 0 N–H and O–H groups in total. The van der Waals surface area contributed by atoms with E-state index in [0.29, 0.717) is 0 Å². The van der Waals surface area contributed by atoms with Crippen LogP contribution in [0, 0.1) is 17.8 Å². The Kier molecular flexibility index (Phi) is 4.71. The van der Waals surface area contributed by atoms with Crippen LogP contribution < -0.4 is 0 Å². The van der Waals surface area contributed by atoms with Gasteiger partial charge in [0.25, 0.3) is 0 Å². The van der Waals surface area contributed by atoms with Crippen LogP contribution in [0.1, 0.15) is 25.0 Å². The fraction of sp³-hybridized carbons (Fsp3) is 0.474. The van der Waals surface area contributed by atoms with Gasteiger partial charge in [-0.25, -0.2) is 0 Å². The van der Waals surface area contributed by atoms with Gasteiger partial charge in [0, 0.05) is 6.42 Å². The van der Waals surface area contributed by atoms with Crippen LogP contribution >= 0.6 is 0 Å². The van der Waals surface area contributed by atoms with Gasteiger partial charge in [0.05, 0.1) is 32.3 Å². The van der Waals surface area contributed by atoms with Gasteiger partial charge < -0.3 is 14.2 Å². The fourth-order valence-electron chi connectivity index (χ4n) is 3.85. The molecule has 0 bridgehead atoms. The van der Waals surface area contributed by atoms with Crippen LogP contribution in [0.15, 0.2) is 42.0 Å². The molecule has 1 aromatic carbocycles. The van der Waals surface area contributed by atoms with Crippen molar-refractivity contribution in [1.29, 1.82) is 0 Å². The van der Waals surface area contributed by atoms with Gasteiger partial charge in [-0.1, -0.05) is 43.3 Å². The fourth-order valence-corrected chi connectivity index (χ4v) is 3.85. The molecule has 0 radical (unpaired) electrons. The maximum Gasteiger partial charge on any atom is 0.312 e. The first-order valence-electron chi connectivity index (χ1n) is 8.13. The lowest BCUT2D eigenvalue weighted by Gasteiger charge is -2.35. The second-order valence-electron chi connectivity index (χ2n) is 6.36. The number of methoxy groups -OCH3 is 2. The lowest BCUT2D eigenvalue weighted by molar-refractivity contribution is -0.165. The number of hydrogen-bond donors (Lipinski definition) is 0. The zero-order valence-corrected chi connectivity index (χ0v) is 14.1. The van der Waals surface area contributed by atoms with E-state index in [0.717, 1.165) is 17.6 Å². The molecule has 24 heavy (non-hydrogen) atoms. The molecule has 1 fully saturated rings. The van der Waals surface area contributed by atoms with Gasteiger partial charge in [-0.05, 0) is 17.1 Å². The highest BCUT2D eigenvalue weighted by Crippen LogP contribution is 2.47. The van der Waals surface area contributed by atoms with E-state index < -0.39 is 29.9 Å². The van der Waals surface area contributed by atoms with Crippen LogP contribution in [0.5, 0.6) is 0 Å². The van der Waals surface area contributed by atoms with Crippen LogP contribution in [-0.2, 0) is 23.8 Å². The number of allylic oxidation sites excluding steroid dienone is 1. The van der Waals surface area contributed by atoms with Crippen LogP contribution in [-0.4, -0.2) is 32.3 Å². The van der Waals surface area contributed by atoms with Gasteiger partial charge >= 0.3 is 11.9 Å². The van der Waals surface area contributed by atoms with Crippen LogP contribution in [0.25, 0.3) is 0 Å². The molecule has 0 unspecified atom stereocenters. The summed E-state index contributed by atoms with van der Waals surface area (Å²) in [6, 6.07) is 9.91. The minimum absolute atomic E-state index is 0.106. The molecule has 5 heteroatoms. The molecule has 0 spiro atoms. The molecule has 2 aliphatic rings. The molecule has 128 valence electrons. The Morgan fingerprint density at radius 2 is 1.67 bits per heavy atom. The van der Waals surface area contributed by atoms with Crippen molar-refractivity contribution in [2.75, 3.05) is 14.2 Å². The van der Waals surface area contributed by atoms with Crippen molar-refractivity contribution in [2.24, 2.45) is 17.8 Å². The van der Waals surface area contributed by atoms with E-state index in [1.165, 1.54) is 14.2 Å². The number of hydrogen-bond acceptors (Lipinski definition) is 5. The number of rotatable bonds is 3. The minimum Gasteiger partial charge on any atom is -0.469 e. The molecule has 1 heterocycles. The molecule has 1 aliphatic heterocycles. The van der Waals surface area contributed by atoms with Gasteiger partial charge in [0.15, 0.2) is 0 Å². The van der Waals surface area contributed by atoms with Gasteiger partial charge in [0.2, 0.25) is 0 Å². The standard InChI is InChI=1S/C19H22O5/c1-11-9-13-10-14(12-7-5-4-6-8-12)24-17(13)16(19(21)23-3)15(11)18(20)22-2/h4-9,11,14-17H,10H2,1-3H3/t11-,14+,15-,16-,17+/m0/s1. The van der Waals surface area contributed by atoms with Crippen LogP contribution in [0.4, 0.5) is 0 Å². The van der Waals surface area contributed by atoms with E-state index in [1.807, 2.05) is 37.3 Å². The molecule has 1 saturated heterocycles. The largest absolute Gasteiger partial charge is 0.469 e. The first-order chi connectivity index (χ1) is 11.6. The number of carbonyl (C=O) groups excluding carboxylic acids is 2. The monoisotopic (exact) mass is 330 g/mol. The maximum absolute atomic E-state index is 12.4. The highest BCUT2D eigenvalue weighted by Gasteiger charge is 2.51. The highest BCUT2D eigenvalue weighted by molar-refractivity contribution is 5.84. The summed E-state index contributed by atoms with van der Waals surface area (Å²) in [7, 11) is 2.67. The Morgan fingerprint density at radius 3 is 2.29 bits per heavy atom. The average Bonchev–Trinajstić information content (AvgIpc) is 3.03. The van der Waals surface area contributed by atoms with Crippen molar-refractivity contribution in [3.05, 3.63) is 47.5 Å². The second kappa shape index (κ2) is 6.77. The van der Waals surface area contributed by atoms with E-state index in [2.05, 4.69) is 6.08 Å². The average molecular weight is 330 g/mol. The number of esters is 2. The SMILES string of the molecule is COC(=O)[C@@H]1[C@H](C(=O)OC)[C@@H]2O[C@@H](c3ccccc3)CC2=C[C@@H]1C. The molecular formula is C19H22O5. The third-order valence-corrected chi connectivity index (χ3v) is 4.97. The predicted octanol–water partition coefficient (Wildman–Crippen LogP) is 2.67. The normalized spacial score (nSPS) is 31.8. The Hall–Kier alpha value is -2.14. The van der Waals surface area contributed by atoms with E-state index in [4.69, 9.17) is 14.2 Å². The van der Waals surface area contributed by atoms with Crippen molar-refractivity contribution in [1.82, 2.24) is 0 Å². The lowest BCUT2D eigenvalue weighted by atomic mass is 9.72. The maximum atomic E-state index is 12.4. The summed E-state index contributed by atoms with van der Waals surface area (Å²) in [4.78, 5) is 24.6. The molecular weight excluding hydrogens is 308 g/mol. The molecule has 1 aliphatic carbocycles. The Bertz CT molecular complexity index is 651. The van der Waals surface area contributed by atoms with E-state index in [-0.39, 0.29) is 12.0 Å². The Balaban J connectivity index is 1.94. The third kappa shape index (κ3) is 2.84. The van der Waals surface area contributed by atoms with Crippen LogP contribution in [0.3, 0.4) is 0 Å². The summed E-state index contributed by atoms with van der Waals surface area (Å²) in [5.41, 5.74) is 2.13. The topological polar surface area (TPSA) is 61.8 Å². The van der Waals surface area contributed by atoms with Gasteiger partial charge in [-0.15, -0.1) is 0 Å². The van der Waals surface area contributed by atoms with E-state index in [1.54, 1.807) is 0 Å². The smallest absolute Gasteiger partial charge is 0.312 e. The minimum atomic E-state index is -0.675. The van der Waals surface area contributed by atoms with Crippen molar-refractivity contribution >= 4 is 11.9 Å². The number of fused-ring (bicyclic) bond motifs is 1. The third-order valence-electron chi connectivity index (χ3n) is 4.97. The first kappa shape index (κ1) is 16.7. The Morgan fingerprint density at radius 1 is 1.04 bits per heavy atom. The molecule has 1 aromatic rings. The summed E-state index contributed by atoms with van der Waals surface area (Å²) in [6.07, 6.45) is 2.22. The molecule has 0 saturated carbocycles. The van der Waals surface area contributed by atoms with Gasteiger partial charge in [-0.3, -0.25) is 9.59 Å². The second-order valence-corrected chi connectivity index (χ2v) is 6.36. The molecule has 5 atom stereocenters. The molecule has 0 amide bonds. The lowest BCUT2D eigenvalue weighted by Crippen LogP contribution is -2.45. The van der Waals surface area contributed by atoms with Gasteiger partial charge in [-0.2, -0.15) is 0 Å². The van der Waals surface area contributed by atoms with Gasteiger partial charge in [0.1, 0.15) is 5.92 Å². The summed E-state index contributed by atoms with van der Waals surface area (Å²) in [5, 5.41) is 0. The van der Waals surface area contributed by atoms with Crippen molar-refractivity contribution < 1.29 is 23.8 Å². The van der Waals surface area contributed by atoms with E-state index >= 15 is 0 Å². The number of carbonyl (C=O) groups is 2. The van der Waals surface area contributed by atoms with Crippen molar-refractivity contribution in [2.45, 2.75) is 25.6 Å². The summed E-state index contributed by atoms with van der Waals surface area (Å²) in [5.74, 6) is -2.20. The van der Waals surface area contributed by atoms with E-state index in [9.17, 15) is 9.59 Å². The van der Waals surface area contributed by atoms with Crippen molar-refractivity contribution in [3.63, 3.8) is 0 Å². The van der Waals surface area contributed by atoms with Crippen molar-refractivity contribution in [3.8, 4) is 0 Å². The van der Waals surface area contributed by atoms with Crippen LogP contribution in [0.2, 0.25) is 0 Å². The molecule has 5 nitrogen and oxygen atoms in total. The Labute approximate surface area is 141 Å². The molecule has 3 rings (SSSR count). The number of benzene rings is 1. The number of ether oxygens (including phenoxy) is 3. The first-order valence-corrected chi connectivity index (χ1v) is 8.13. The summed E-state index contributed by atoms with van der Waals surface area (Å²) in [6.45, 7) is 1.93. The summed E-state index contributed by atoms with van der Waals surface area (Å²) >= 11 is 0.